The molecule has 0 saturated carbocycles. The zero-order chi connectivity index (χ0) is 13.6. The molecule has 0 aliphatic carbocycles. The lowest BCUT2D eigenvalue weighted by molar-refractivity contribution is 0.574. The van der Waals surface area contributed by atoms with E-state index in [1.165, 1.54) is 16.8 Å². The molecule has 19 heavy (non-hydrogen) atoms. The molecule has 0 unspecified atom stereocenters. The van der Waals surface area contributed by atoms with Crippen molar-refractivity contribution in [2.24, 2.45) is 0 Å². The van der Waals surface area contributed by atoms with Gasteiger partial charge >= 0.3 is 5.69 Å². The van der Waals surface area contributed by atoms with Gasteiger partial charge in [-0.05, 0) is 6.07 Å². The second kappa shape index (κ2) is 4.07. The van der Waals surface area contributed by atoms with Crippen LogP contribution in [0.1, 0.15) is 0 Å². The first kappa shape index (κ1) is 12.2. The SMILES string of the molecule is O=c1n(S(=O)(=O)c2cnccc2Cl)nc2n1CCN2. The first-order valence-electron chi connectivity index (χ1n) is 5.30. The summed E-state index contributed by atoms with van der Waals surface area (Å²) in [6, 6.07) is 1.33. The number of anilines is 1. The van der Waals surface area contributed by atoms with Crippen LogP contribution in [0, 0.1) is 0 Å². The van der Waals surface area contributed by atoms with Crippen LogP contribution < -0.4 is 11.0 Å². The third kappa shape index (κ3) is 1.73. The highest BCUT2D eigenvalue weighted by molar-refractivity contribution is 7.90. The average molecular weight is 302 g/mol. The number of nitrogens with zero attached hydrogens (tertiary/aromatic N) is 4. The van der Waals surface area contributed by atoms with Crippen LogP contribution in [0.15, 0.2) is 28.2 Å². The van der Waals surface area contributed by atoms with Crippen molar-refractivity contribution in [3.8, 4) is 0 Å². The molecule has 1 N–H and O–H groups in total. The summed E-state index contributed by atoms with van der Waals surface area (Å²) in [5, 5.41) is 6.57. The van der Waals surface area contributed by atoms with Gasteiger partial charge in [0, 0.05) is 25.5 Å². The van der Waals surface area contributed by atoms with E-state index in [-0.39, 0.29) is 15.9 Å². The van der Waals surface area contributed by atoms with Crippen LogP contribution >= 0.6 is 11.6 Å². The molecule has 1 aliphatic rings. The van der Waals surface area contributed by atoms with E-state index in [1.807, 2.05) is 0 Å². The molecule has 3 rings (SSSR count). The smallest absolute Gasteiger partial charge is 0.352 e. The van der Waals surface area contributed by atoms with E-state index < -0.39 is 15.7 Å². The number of fused-ring (bicyclic) bond motifs is 1. The normalized spacial score (nSPS) is 14.2. The van der Waals surface area contributed by atoms with Gasteiger partial charge in [-0.15, -0.1) is 5.10 Å². The van der Waals surface area contributed by atoms with Crippen molar-refractivity contribution >= 4 is 27.6 Å². The van der Waals surface area contributed by atoms with E-state index in [4.69, 9.17) is 11.6 Å². The van der Waals surface area contributed by atoms with Gasteiger partial charge in [-0.3, -0.25) is 9.55 Å². The van der Waals surface area contributed by atoms with E-state index in [0.29, 0.717) is 17.2 Å². The first-order chi connectivity index (χ1) is 9.01. The van der Waals surface area contributed by atoms with Crippen LogP contribution in [0.3, 0.4) is 0 Å². The molecule has 0 spiro atoms. The van der Waals surface area contributed by atoms with Crippen molar-refractivity contribution in [1.29, 1.82) is 0 Å². The van der Waals surface area contributed by atoms with Gasteiger partial charge in [0.2, 0.25) is 5.95 Å². The van der Waals surface area contributed by atoms with Gasteiger partial charge in [0.1, 0.15) is 4.90 Å². The molecule has 0 saturated heterocycles. The molecule has 2 aromatic heterocycles. The van der Waals surface area contributed by atoms with E-state index in [2.05, 4.69) is 15.4 Å². The molecule has 0 fully saturated rings. The van der Waals surface area contributed by atoms with Crippen molar-refractivity contribution in [3.63, 3.8) is 0 Å². The lowest BCUT2D eigenvalue weighted by Gasteiger charge is -2.04. The fraction of sp³-hybridized carbons (Fsp3) is 0.222. The summed E-state index contributed by atoms with van der Waals surface area (Å²) in [6.45, 7) is 0.927. The molecule has 0 atom stereocenters. The van der Waals surface area contributed by atoms with Gasteiger partial charge in [0.05, 0.1) is 5.02 Å². The minimum Gasteiger partial charge on any atom is -0.352 e. The van der Waals surface area contributed by atoms with Gasteiger partial charge in [-0.2, -0.15) is 8.42 Å². The second-order valence-corrected chi connectivity index (χ2v) is 5.98. The lowest BCUT2D eigenvalue weighted by Crippen LogP contribution is -2.30. The van der Waals surface area contributed by atoms with Crippen LogP contribution in [0.25, 0.3) is 0 Å². The summed E-state index contributed by atoms with van der Waals surface area (Å²) < 4.78 is 26.3. The topological polar surface area (TPSA) is 98.9 Å². The molecule has 2 aromatic rings. The van der Waals surface area contributed by atoms with Crippen LogP contribution in [0.5, 0.6) is 0 Å². The van der Waals surface area contributed by atoms with Crippen LogP contribution in [-0.4, -0.2) is 33.7 Å². The van der Waals surface area contributed by atoms with Gasteiger partial charge in [0.15, 0.2) is 0 Å². The number of pyridine rings is 1. The number of hydrogen-bond donors (Lipinski definition) is 1. The maximum absolute atomic E-state index is 12.3. The zero-order valence-electron chi connectivity index (χ0n) is 9.45. The summed E-state index contributed by atoms with van der Waals surface area (Å²) in [4.78, 5) is 15.4. The van der Waals surface area contributed by atoms with E-state index in [1.54, 1.807) is 0 Å². The Labute approximate surface area is 112 Å². The summed E-state index contributed by atoms with van der Waals surface area (Å²) in [7, 11) is -4.14. The summed E-state index contributed by atoms with van der Waals surface area (Å²) >= 11 is 5.82. The van der Waals surface area contributed by atoms with Gasteiger partial charge in [-0.1, -0.05) is 15.7 Å². The predicted molar refractivity (Wildman–Crippen MR) is 66.8 cm³/mol. The fourth-order valence-corrected chi connectivity index (χ4v) is 3.37. The highest BCUT2D eigenvalue weighted by Gasteiger charge is 2.28. The van der Waals surface area contributed by atoms with E-state index >= 15 is 0 Å². The van der Waals surface area contributed by atoms with Crippen molar-refractivity contribution < 1.29 is 8.42 Å². The maximum Gasteiger partial charge on any atom is 0.362 e. The van der Waals surface area contributed by atoms with Crippen LogP contribution in [-0.2, 0) is 16.6 Å². The third-order valence-corrected chi connectivity index (χ3v) is 4.71. The monoisotopic (exact) mass is 301 g/mol. The van der Waals surface area contributed by atoms with Gasteiger partial charge < -0.3 is 5.32 Å². The quantitative estimate of drug-likeness (QED) is 0.821. The van der Waals surface area contributed by atoms with Gasteiger partial charge in [0.25, 0.3) is 10.0 Å². The molecule has 8 nitrogen and oxygen atoms in total. The molecule has 3 heterocycles. The van der Waals surface area contributed by atoms with Crippen LogP contribution in [0.2, 0.25) is 5.02 Å². The lowest BCUT2D eigenvalue weighted by atomic mass is 10.5. The third-order valence-electron chi connectivity index (χ3n) is 2.69. The average Bonchev–Trinajstić information content (AvgIpc) is 2.93. The minimum atomic E-state index is -4.14. The summed E-state index contributed by atoms with van der Waals surface area (Å²) in [5.41, 5.74) is -0.722. The summed E-state index contributed by atoms with van der Waals surface area (Å²) in [6.07, 6.45) is 2.45. The Balaban J connectivity index is 2.22. The molecule has 0 radical (unpaired) electrons. The van der Waals surface area contributed by atoms with E-state index in [0.717, 1.165) is 6.20 Å². The minimum absolute atomic E-state index is 0.0111. The first-order valence-corrected chi connectivity index (χ1v) is 7.12. The highest BCUT2D eigenvalue weighted by Crippen LogP contribution is 2.21. The van der Waals surface area contributed by atoms with Gasteiger partial charge in [-0.25, -0.2) is 4.79 Å². The Morgan fingerprint density at radius 3 is 2.89 bits per heavy atom. The maximum atomic E-state index is 12.3. The number of aromatic nitrogens is 4. The van der Waals surface area contributed by atoms with Crippen molar-refractivity contribution in [3.05, 3.63) is 34.0 Å². The van der Waals surface area contributed by atoms with Crippen molar-refractivity contribution in [2.75, 3.05) is 11.9 Å². The molecular formula is C9H8ClN5O3S. The Morgan fingerprint density at radius 1 is 1.42 bits per heavy atom. The number of hydrogen-bond acceptors (Lipinski definition) is 6. The zero-order valence-corrected chi connectivity index (χ0v) is 11.0. The van der Waals surface area contributed by atoms with Crippen molar-refractivity contribution in [2.45, 2.75) is 11.4 Å². The molecule has 0 amide bonds. The Kier molecular flexibility index (Phi) is 2.61. The Bertz CT molecular complexity index is 810. The molecule has 0 aromatic carbocycles. The van der Waals surface area contributed by atoms with Crippen LogP contribution in [0.4, 0.5) is 5.95 Å². The standard InChI is InChI=1S/C9H8ClN5O3S/c10-6-1-2-11-5-7(6)19(17,18)15-9(16)14-4-3-12-8(14)13-15/h1-2,5H,3-4H2,(H,12,13). The fourth-order valence-electron chi connectivity index (χ4n) is 1.79. The molecule has 100 valence electrons. The highest BCUT2D eigenvalue weighted by atomic mass is 35.5. The number of rotatable bonds is 2. The Hall–Kier alpha value is -1.87. The molecule has 1 aliphatic heterocycles. The van der Waals surface area contributed by atoms with Crippen molar-refractivity contribution in [1.82, 2.24) is 18.7 Å². The molecule has 10 heteroatoms. The predicted octanol–water partition coefficient (Wildman–Crippen LogP) is -0.244. The molecular weight excluding hydrogens is 294 g/mol. The van der Waals surface area contributed by atoms with E-state index in [9.17, 15) is 13.2 Å². The Morgan fingerprint density at radius 2 is 2.21 bits per heavy atom. The largest absolute Gasteiger partial charge is 0.362 e. The molecule has 0 bridgehead atoms. The number of nitrogens with one attached hydrogen (secondary N) is 1. The summed E-state index contributed by atoms with van der Waals surface area (Å²) in [5.74, 6) is 0.230. The second-order valence-electron chi connectivity index (χ2n) is 3.84. The number of halogens is 1.